The fraction of sp³-hybridized carbons (Fsp3) is 0.667. The molecule has 118 valence electrons. The number of aliphatic hydroxyl groups excluding tert-OH is 1. The molecule has 2 N–H and O–H groups in total. The standard InChI is InChI=1S/C12H20N4O4S/c1-8-11(14-7-13-8)12(18)16-4-9(10(17)5-16)6-21(19,20)15(2)3/h7,9-10,17H,4-6H2,1-3H3,(H,13,14)/t9-,10+/m0/s1. The topological polar surface area (TPSA) is 107 Å². The molecule has 1 aromatic heterocycles. The Balaban J connectivity index is 2.08. The SMILES string of the molecule is Cc1[nH]cnc1C(=O)N1C[C@@H](CS(=O)(=O)N(C)C)[C@H](O)C1. The molecule has 2 heterocycles. The van der Waals surface area contributed by atoms with Crippen molar-refractivity contribution in [3.05, 3.63) is 17.7 Å². The van der Waals surface area contributed by atoms with Crippen LogP contribution in [0.25, 0.3) is 0 Å². The van der Waals surface area contributed by atoms with E-state index in [9.17, 15) is 18.3 Å². The van der Waals surface area contributed by atoms with Gasteiger partial charge in [-0.05, 0) is 6.92 Å². The number of imidazole rings is 1. The Morgan fingerprint density at radius 3 is 2.71 bits per heavy atom. The molecule has 9 heteroatoms. The van der Waals surface area contributed by atoms with Gasteiger partial charge in [0.15, 0.2) is 0 Å². The second kappa shape index (κ2) is 5.74. The van der Waals surface area contributed by atoms with E-state index in [4.69, 9.17) is 0 Å². The highest BCUT2D eigenvalue weighted by atomic mass is 32.2. The first kappa shape index (κ1) is 15.9. The van der Waals surface area contributed by atoms with Crippen LogP contribution in [0.2, 0.25) is 0 Å². The van der Waals surface area contributed by atoms with Crippen molar-refractivity contribution in [1.82, 2.24) is 19.2 Å². The minimum absolute atomic E-state index is 0.124. The van der Waals surface area contributed by atoms with E-state index in [0.717, 1.165) is 4.31 Å². The van der Waals surface area contributed by atoms with E-state index in [-0.39, 0.29) is 24.7 Å². The van der Waals surface area contributed by atoms with Gasteiger partial charge in [-0.2, -0.15) is 0 Å². The number of aliphatic hydroxyl groups is 1. The molecule has 1 amide bonds. The third kappa shape index (κ3) is 3.25. The van der Waals surface area contributed by atoms with Crippen molar-refractivity contribution < 1.29 is 18.3 Å². The molecule has 1 aliphatic rings. The summed E-state index contributed by atoms with van der Waals surface area (Å²) in [5, 5.41) is 10.0. The number of carbonyl (C=O) groups is 1. The molecule has 2 atom stereocenters. The molecule has 2 rings (SSSR count). The molecule has 21 heavy (non-hydrogen) atoms. The van der Waals surface area contributed by atoms with Crippen LogP contribution in [0, 0.1) is 12.8 Å². The van der Waals surface area contributed by atoms with Crippen molar-refractivity contribution in [3.63, 3.8) is 0 Å². The first-order valence-corrected chi connectivity index (χ1v) is 8.21. The lowest BCUT2D eigenvalue weighted by molar-refractivity contribution is 0.0759. The lowest BCUT2D eigenvalue weighted by atomic mass is 10.1. The van der Waals surface area contributed by atoms with Crippen LogP contribution < -0.4 is 0 Å². The van der Waals surface area contributed by atoms with Crippen LogP contribution in [0.3, 0.4) is 0 Å². The number of nitrogens with one attached hydrogen (secondary N) is 1. The van der Waals surface area contributed by atoms with Gasteiger partial charge in [0.25, 0.3) is 5.91 Å². The fourth-order valence-electron chi connectivity index (χ4n) is 2.33. The van der Waals surface area contributed by atoms with Crippen LogP contribution >= 0.6 is 0 Å². The van der Waals surface area contributed by atoms with Gasteiger partial charge in [0.1, 0.15) is 5.69 Å². The highest BCUT2D eigenvalue weighted by Crippen LogP contribution is 2.21. The van der Waals surface area contributed by atoms with E-state index in [1.165, 1.54) is 25.3 Å². The summed E-state index contributed by atoms with van der Waals surface area (Å²) < 4.78 is 24.9. The highest BCUT2D eigenvalue weighted by molar-refractivity contribution is 7.89. The van der Waals surface area contributed by atoms with Crippen LogP contribution in [0.4, 0.5) is 0 Å². The maximum absolute atomic E-state index is 12.3. The summed E-state index contributed by atoms with van der Waals surface area (Å²) in [6, 6.07) is 0. The first-order chi connectivity index (χ1) is 9.72. The molecule has 0 radical (unpaired) electrons. The molecule has 0 saturated carbocycles. The number of H-pyrrole nitrogens is 1. The maximum Gasteiger partial charge on any atom is 0.274 e. The predicted molar refractivity (Wildman–Crippen MR) is 76.2 cm³/mol. The summed E-state index contributed by atoms with van der Waals surface area (Å²) in [6.07, 6.45) is 0.589. The van der Waals surface area contributed by atoms with Gasteiger partial charge in [-0.3, -0.25) is 4.79 Å². The van der Waals surface area contributed by atoms with Crippen LogP contribution in [0.1, 0.15) is 16.2 Å². The number of rotatable bonds is 4. The quantitative estimate of drug-likeness (QED) is 0.744. The van der Waals surface area contributed by atoms with E-state index in [2.05, 4.69) is 9.97 Å². The summed E-state index contributed by atoms with van der Waals surface area (Å²) >= 11 is 0. The number of hydrogen-bond donors (Lipinski definition) is 2. The van der Waals surface area contributed by atoms with E-state index >= 15 is 0 Å². The summed E-state index contributed by atoms with van der Waals surface area (Å²) in [7, 11) is -0.510. The molecule has 0 bridgehead atoms. The van der Waals surface area contributed by atoms with Gasteiger partial charge < -0.3 is 15.0 Å². The van der Waals surface area contributed by atoms with E-state index in [1.54, 1.807) is 6.92 Å². The zero-order chi connectivity index (χ0) is 15.8. The minimum Gasteiger partial charge on any atom is -0.391 e. The van der Waals surface area contributed by atoms with Gasteiger partial charge in [0.05, 0.1) is 18.2 Å². The minimum atomic E-state index is -3.41. The molecule has 1 fully saturated rings. The zero-order valence-electron chi connectivity index (χ0n) is 12.3. The van der Waals surface area contributed by atoms with Gasteiger partial charge in [-0.1, -0.05) is 0 Å². The second-order valence-electron chi connectivity index (χ2n) is 5.47. The van der Waals surface area contributed by atoms with Crippen molar-refractivity contribution >= 4 is 15.9 Å². The summed E-state index contributed by atoms with van der Waals surface area (Å²) in [6.45, 7) is 2.07. The number of sulfonamides is 1. The predicted octanol–water partition coefficient (Wildman–Crippen LogP) is -0.958. The molecular weight excluding hydrogens is 296 g/mol. The normalized spacial score (nSPS) is 23.0. The number of amides is 1. The number of nitrogens with zero attached hydrogens (tertiary/aromatic N) is 3. The third-order valence-electron chi connectivity index (χ3n) is 3.71. The van der Waals surface area contributed by atoms with Crippen molar-refractivity contribution in [1.29, 1.82) is 0 Å². The Kier molecular flexibility index (Phi) is 4.35. The van der Waals surface area contributed by atoms with Crippen molar-refractivity contribution in [2.24, 2.45) is 5.92 Å². The van der Waals surface area contributed by atoms with Gasteiger partial charge in [0.2, 0.25) is 10.0 Å². The van der Waals surface area contributed by atoms with Crippen molar-refractivity contribution in [2.75, 3.05) is 32.9 Å². The van der Waals surface area contributed by atoms with Crippen molar-refractivity contribution in [3.8, 4) is 0 Å². The zero-order valence-corrected chi connectivity index (χ0v) is 13.1. The molecular formula is C12H20N4O4S. The van der Waals surface area contributed by atoms with Crippen molar-refractivity contribution in [2.45, 2.75) is 13.0 Å². The van der Waals surface area contributed by atoms with E-state index in [0.29, 0.717) is 11.4 Å². The molecule has 0 unspecified atom stereocenters. The largest absolute Gasteiger partial charge is 0.391 e. The average Bonchev–Trinajstić information content (AvgIpc) is 2.95. The lowest BCUT2D eigenvalue weighted by Crippen LogP contribution is -2.33. The first-order valence-electron chi connectivity index (χ1n) is 6.60. The molecule has 1 aliphatic heterocycles. The number of aromatic amines is 1. The van der Waals surface area contributed by atoms with Crippen LogP contribution in [0.15, 0.2) is 6.33 Å². The average molecular weight is 316 g/mol. The second-order valence-corrected chi connectivity index (χ2v) is 7.70. The fourth-order valence-corrected chi connectivity index (χ4v) is 3.49. The number of likely N-dealkylation sites (tertiary alicyclic amines) is 1. The van der Waals surface area contributed by atoms with Gasteiger partial charge >= 0.3 is 0 Å². The molecule has 1 saturated heterocycles. The molecule has 0 aliphatic carbocycles. The molecule has 0 spiro atoms. The smallest absolute Gasteiger partial charge is 0.274 e. The Bertz CT molecular complexity index is 625. The Morgan fingerprint density at radius 2 is 2.19 bits per heavy atom. The van der Waals surface area contributed by atoms with Gasteiger partial charge in [0, 0.05) is 38.8 Å². The lowest BCUT2D eigenvalue weighted by Gasteiger charge is -2.17. The number of hydrogen-bond acceptors (Lipinski definition) is 5. The molecule has 1 aromatic rings. The van der Waals surface area contributed by atoms with E-state index in [1.807, 2.05) is 0 Å². The summed E-state index contributed by atoms with van der Waals surface area (Å²) in [4.78, 5) is 20.5. The number of aromatic nitrogens is 2. The van der Waals surface area contributed by atoms with Gasteiger partial charge in [-0.25, -0.2) is 17.7 Å². The Hall–Kier alpha value is -1.45. The van der Waals surface area contributed by atoms with Gasteiger partial charge in [-0.15, -0.1) is 0 Å². The Labute approximate surface area is 123 Å². The number of aryl methyl sites for hydroxylation is 1. The van der Waals surface area contributed by atoms with Crippen LogP contribution in [-0.4, -0.2) is 77.6 Å². The van der Waals surface area contributed by atoms with Crippen LogP contribution in [-0.2, 0) is 10.0 Å². The number of carbonyl (C=O) groups excluding carboxylic acids is 1. The van der Waals surface area contributed by atoms with E-state index < -0.39 is 22.0 Å². The summed E-state index contributed by atoms with van der Waals surface area (Å²) in [5.41, 5.74) is 0.956. The Morgan fingerprint density at radius 1 is 1.52 bits per heavy atom. The third-order valence-corrected chi connectivity index (χ3v) is 5.67. The maximum atomic E-state index is 12.3. The number of β-amino-alcohol motifs (C(OH)–C–C–N with tert-alkyl or cyclic N) is 1. The molecule has 8 nitrogen and oxygen atoms in total. The highest BCUT2D eigenvalue weighted by Gasteiger charge is 2.38. The summed E-state index contributed by atoms with van der Waals surface area (Å²) in [5.74, 6) is -0.956. The van der Waals surface area contributed by atoms with Crippen LogP contribution in [0.5, 0.6) is 0 Å². The molecule has 0 aromatic carbocycles. The monoisotopic (exact) mass is 316 g/mol.